The second kappa shape index (κ2) is 4.66. The summed E-state index contributed by atoms with van der Waals surface area (Å²) in [4.78, 5) is 0.372. The predicted molar refractivity (Wildman–Crippen MR) is 69.2 cm³/mol. The highest BCUT2D eigenvalue weighted by Crippen LogP contribution is 2.21. The van der Waals surface area contributed by atoms with Crippen LogP contribution < -0.4 is 10.6 Å². The van der Waals surface area contributed by atoms with E-state index in [-0.39, 0.29) is 0 Å². The van der Waals surface area contributed by atoms with E-state index < -0.39 is 9.84 Å². The van der Waals surface area contributed by atoms with Gasteiger partial charge >= 0.3 is 0 Å². The van der Waals surface area contributed by atoms with E-state index in [9.17, 15) is 8.42 Å². The first-order valence-corrected chi connectivity index (χ1v) is 7.64. The standard InChI is InChI=1S/C12H18N2O2S/c1-9-3-4-11(17(2,15)16)7-12(9)14-10-5-6-13-8-10/h3-4,7,10,13-14H,5-6,8H2,1-2H3. The van der Waals surface area contributed by atoms with Gasteiger partial charge in [-0.25, -0.2) is 8.42 Å². The molecule has 2 rings (SSSR count). The molecule has 0 spiro atoms. The SMILES string of the molecule is Cc1ccc(S(C)(=O)=O)cc1NC1CCNC1. The Bertz CT molecular complexity index is 505. The van der Waals surface area contributed by atoms with Gasteiger partial charge in [0.1, 0.15) is 0 Å². The van der Waals surface area contributed by atoms with E-state index in [1.807, 2.05) is 13.0 Å². The van der Waals surface area contributed by atoms with Crippen molar-refractivity contribution in [1.82, 2.24) is 5.32 Å². The Morgan fingerprint density at radius 3 is 2.76 bits per heavy atom. The maximum Gasteiger partial charge on any atom is 0.175 e. The number of benzene rings is 1. The molecule has 1 atom stereocenters. The van der Waals surface area contributed by atoms with Crippen LogP contribution in [0.1, 0.15) is 12.0 Å². The molecule has 1 aromatic carbocycles. The van der Waals surface area contributed by atoms with Crippen molar-refractivity contribution in [1.29, 1.82) is 0 Å². The summed E-state index contributed by atoms with van der Waals surface area (Å²) in [7, 11) is -3.13. The van der Waals surface area contributed by atoms with Gasteiger partial charge in [0, 0.05) is 24.5 Å². The maximum atomic E-state index is 11.5. The number of aryl methyl sites for hydroxylation is 1. The van der Waals surface area contributed by atoms with Crippen LogP contribution in [0.4, 0.5) is 5.69 Å². The van der Waals surface area contributed by atoms with Gasteiger partial charge in [-0.1, -0.05) is 6.07 Å². The molecule has 0 aliphatic carbocycles. The largest absolute Gasteiger partial charge is 0.381 e. The molecule has 0 radical (unpaired) electrons. The van der Waals surface area contributed by atoms with Crippen molar-refractivity contribution in [3.8, 4) is 0 Å². The van der Waals surface area contributed by atoms with Crippen molar-refractivity contribution in [2.24, 2.45) is 0 Å². The minimum Gasteiger partial charge on any atom is -0.381 e. The quantitative estimate of drug-likeness (QED) is 0.850. The van der Waals surface area contributed by atoms with Crippen LogP contribution in [0.3, 0.4) is 0 Å². The van der Waals surface area contributed by atoms with E-state index in [0.717, 1.165) is 30.8 Å². The van der Waals surface area contributed by atoms with Gasteiger partial charge < -0.3 is 10.6 Å². The Balaban J connectivity index is 2.26. The molecule has 0 amide bonds. The third-order valence-electron chi connectivity index (χ3n) is 3.06. The molecule has 0 saturated carbocycles. The molecule has 0 bridgehead atoms. The van der Waals surface area contributed by atoms with Gasteiger partial charge in [0.25, 0.3) is 0 Å². The third kappa shape index (κ3) is 2.98. The molecule has 94 valence electrons. The average molecular weight is 254 g/mol. The van der Waals surface area contributed by atoms with Crippen LogP contribution >= 0.6 is 0 Å². The average Bonchev–Trinajstić information content (AvgIpc) is 2.72. The van der Waals surface area contributed by atoms with E-state index in [1.165, 1.54) is 6.26 Å². The smallest absolute Gasteiger partial charge is 0.175 e. The topological polar surface area (TPSA) is 58.2 Å². The van der Waals surface area contributed by atoms with Crippen LogP contribution in [-0.2, 0) is 9.84 Å². The highest BCUT2D eigenvalue weighted by molar-refractivity contribution is 7.90. The zero-order valence-corrected chi connectivity index (χ0v) is 11.0. The summed E-state index contributed by atoms with van der Waals surface area (Å²) < 4.78 is 23.0. The Hall–Kier alpha value is -1.07. The van der Waals surface area contributed by atoms with Gasteiger partial charge in [0.15, 0.2) is 9.84 Å². The summed E-state index contributed by atoms with van der Waals surface area (Å²) >= 11 is 0. The molecule has 1 aliphatic heterocycles. The number of anilines is 1. The Morgan fingerprint density at radius 2 is 2.18 bits per heavy atom. The molecular formula is C12H18N2O2S. The summed E-state index contributed by atoms with van der Waals surface area (Å²) in [6.45, 7) is 3.93. The highest BCUT2D eigenvalue weighted by atomic mass is 32.2. The molecule has 1 saturated heterocycles. The summed E-state index contributed by atoms with van der Waals surface area (Å²) in [5.41, 5.74) is 1.99. The lowest BCUT2D eigenvalue weighted by atomic mass is 10.1. The molecule has 1 heterocycles. The van der Waals surface area contributed by atoms with Crippen LogP contribution in [0, 0.1) is 6.92 Å². The van der Waals surface area contributed by atoms with Crippen molar-refractivity contribution < 1.29 is 8.42 Å². The lowest BCUT2D eigenvalue weighted by Gasteiger charge is -2.16. The first kappa shape index (κ1) is 12.4. The van der Waals surface area contributed by atoms with E-state index in [1.54, 1.807) is 12.1 Å². The minimum atomic E-state index is -3.13. The fourth-order valence-corrected chi connectivity index (χ4v) is 2.63. The van der Waals surface area contributed by atoms with Crippen molar-refractivity contribution in [2.75, 3.05) is 24.7 Å². The van der Waals surface area contributed by atoms with Gasteiger partial charge in [0.05, 0.1) is 4.90 Å². The molecule has 5 heteroatoms. The molecule has 1 unspecified atom stereocenters. The normalized spacial score (nSPS) is 20.5. The molecule has 1 aliphatic rings. The zero-order valence-electron chi connectivity index (χ0n) is 10.2. The van der Waals surface area contributed by atoms with Crippen molar-refractivity contribution in [3.05, 3.63) is 23.8 Å². The van der Waals surface area contributed by atoms with Crippen LogP contribution in [-0.4, -0.2) is 33.8 Å². The highest BCUT2D eigenvalue weighted by Gasteiger charge is 2.16. The van der Waals surface area contributed by atoms with E-state index in [4.69, 9.17) is 0 Å². The monoisotopic (exact) mass is 254 g/mol. The zero-order chi connectivity index (χ0) is 12.5. The van der Waals surface area contributed by atoms with Crippen LogP contribution in [0.2, 0.25) is 0 Å². The summed E-state index contributed by atoms with van der Waals surface area (Å²) in [6, 6.07) is 5.62. The minimum absolute atomic E-state index is 0.372. The van der Waals surface area contributed by atoms with E-state index in [0.29, 0.717) is 10.9 Å². The van der Waals surface area contributed by atoms with Gasteiger partial charge in [0.2, 0.25) is 0 Å². The second-order valence-corrected chi connectivity index (χ2v) is 6.60. The first-order valence-electron chi connectivity index (χ1n) is 5.75. The van der Waals surface area contributed by atoms with Gasteiger partial charge in [-0.3, -0.25) is 0 Å². The molecular weight excluding hydrogens is 236 g/mol. The summed E-state index contributed by atoms with van der Waals surface area (Å²) in [5.74, 6) is 0. The van der Waals surface area contributed by atoms with Crippen LogP contribution in [0.5, 0.6) is 0 Å². The van der Waals surface area contributed by atoms with Crippen molar-refractivity contribution >= 4 is 15.5 Å². The van der Waals surface area contributed by atoms with Crippen molar-refractivity contribution in [3.63, 3.8) is 0 Å². The molecule has 0 aromatic heterocycles. The maximum absolute atomic E-state index is 11.5. The third-order valence-corrected chi connectivity index (χ3v) is 4.17. The fourth-order valence-electron chi connectivity index (χ4n) is 1.99. The molecule has 1 aromatic rings. The Kier molecular flexibility index (Phi) is 3.40. The lowest BCUT2D eigenvalue weighted by Crippen LogP contribution is -2.22. The first-order chi connectivity index (χ1) is 7.97. The molecule has 4 nitrogen and oxygen atoms in total. The van der Waals surface area contributed by atoms with E-state index in [2.05, 4.69) is 10.6 Å². The van der Waals surface area contributed by atoms with Crippen molar-refractivity contribution in [2.45, 2.75) is 24.3 Å². The Labute approximate surface area is 102 Å². The second-order valence-electron chi connectivity index (χ2n) is 4.58. The van der Waals surface area contributed by atoms with Crippen LogP contribution in [0.25, 0.3) is 0 Å². The van der Waals surface area contributed by atoms with E-state index >= 15 is 0 Å². The Morgan fingerprint density at radius 1 is 1.41 bits per heavy atom. The number of nitrogens with one attached hydrogen (secondary N) is 2. The molecule has 17 heavy (non-hydrogen) atoms. The van der Waals surface area contributed by atoms with Crippen LogP contribution in [0.15, 0.2) is 23.1 Å². The van der Waals surface area contributed by atoms with Gasteiger partial charge in [-0.05, 0) is 37.6 Å². The number of sulfone groups is 1. The number of hydrogen-bond acceptors (Lipinski definition) is 4. The summed E-state index contributed by atoms with van der Waals surface area (Å²) in [6.07, 6.45) is 2.31. The summed E-state index contributed by atoms with van der Waals surface area (Å²) in [5, 5.41) is 6.67. The predicted octanol–water partition coefficient (Wildman–Crippen LogP) is 1.17. The van der Waals surface area contributed by atoms with Gasteiger partial charge in [-0.2, -0.15) is 0 Å². The number of rotatable bonds is 3. The molecule has 2 N–H and O–H groups in total. The molecule has 1 fully saturated rings. The fraction of sp³-hybridized carbons (Fsp3) is 0.500. The van der Waals surface area contributed by atoms with Gasteiger partial charge in [-0.15, -0.1) is 0 Å². The lowest BCUT2D eigenvalue weighted by molar-refractivity contribution is 0.602. The number of hydrogen-bond donors (Lipinski definition) is 2.